The minimum absolute atomic E-state index is 0.0470. The molecule has 3 aromatic rings. The number of esters is 1. The van der Waals surface area contributed by atoms with Gasteiger partial charge in [-0.05, 0) is 74.4 Å². The molecule has 2 aliphatic rings. The number of cyclic esters (lactones) is 1. The summed E-state index contributed by atoms with van der Waals surface area (Å²) in [5, 5.41) is 5.68. The van der Waals surface area contributed by atoms with E-state index < -0.39 is 5.60 Å². The number of anilines is 2. The van der Waals surface area contributed by atoms with E-state index in [0.29, 0.717) is 40.9 Å². The minimum Gasteiger partial charge on any atom is -0.477 e. The smallest absolute Gasteiger partial charge is 0.340 e. The molecule has 0 radical (unpaired) electrons. The largest absolute Gasteiger partial charge is 0.477 e. The molecule has 196 valence electrons. The Morgan fingerprint density at radius 3 is 2.73 bits per heavy atom. The lowest BCUT2D eigenvalue weighted by molar-refractivity contribution is -0.0189. The molecule has 0 spiro atoms. The fraction of sp³-hybridized carbons (Fsp3) is 0.500. The lowest BCUT2D eigenvalue weighted by Gasteiger charge is -2.36. The van der Waals surface area contributed by atoms with Gasteiger partial charge in [-0.3, -0.25) is 0 Å². The van der Waals surface area contributed by atoms with Crippen molar-refractivity contribution < 1.29 is 14.3 Å². The highest BCUT2D eigenvalue weighted by Gasteiger charge is 2.40. The molecule has 3 unspecified atom stereocenters. The summed E-state index contributed by atoms with van der Waals surface area (Å²) >= 11 is 1.82. The van der Waals surface area contributed by atoms with Crippen LogP contribution in [0.1, 0.15) is 80.5 Å². The normalized spacial score (nSPS) is 20.2. The van der Waals surface area contributed by atoms with Crippen LogP contribution in [0.2, 0.25) is 0 Å². The van der Waals surface area contributed by atoms with Crippen LogP contribution in [-0.4, -0.2) is 44.6 Å². The number of rotatable bonds is 9. The van der Waals surface area contributed by atoms with Crippen molar-refractivity contribution in [2.24, 2.45) is 11.7 Å². The van der Waals surface area contributed by atoms with E-state index in [0.717, 1.165) is 41.3 Å². The number of hydrogen-bond donors (Lipinski definition) is 2. The molecule has 0 amide bonds. The van der Waals surface area contributed by atoms with Gasteiger partial charge in [-0.2, -0.15) is 11.8 Å². The third kappa shape index (κ3) is 5.25. The van der Waals surface area contributed by atoms with Crippen molar-refractivity contribution in [2.45, 2.75) is 69.8 Å². The first kappa shape index (κ1) is 25.7. The van der Waals surface area contributed by atoms with Gasteiger partial charge in [0.25, 0.3) is 0 Å². The molecule has 9 heteroatoms. The SMILES string of the molecule is CSC(C)CCOc1ncc(C(N)C2CC2)c2cc(Nc3ccc4c(n3)C(C)C(C)(C)OC4=O)ncc12. The highest BCUT2D eigenvalue weighted by molar-refractivity contribution is 7.99. The predicted octanol–water partition coefficient (Wildman–Crippen LogP) is 5.75. The third-order valence-corrected chi connectivity index (χ3v) is 8.67. The maximum atomic E-state index is 12.5. The molecule has 1 aliphatic carbocycles. The van der Waals surface area contributed by atoms with Crippen molar-refractivity contribution in [3.63, 3.8) is 0 Å². The third-order valence-electron chi connectivity index (χ3n) is 7.63. The summed E-state index contributed by atoms with van der Waals surface area (Å²) in [6.45, 7) is 8.62. The number of hydrogen-bond acceptors (Lipinski definition) is 9. The minimum atomic E-state index is -0.623. The van der Waals surface area contributed by atoms with Gasteiger partial charge in [0.05, 0.1) is 23.3 Å². The van der Waals surface area contributed by atoms with Crippen LogP contribution in [0.5, 0.6) is 5.88 Å². The summed E-state index contributed by atoms with van der Waals surface area (Å²) in [6.07, 6.45) is 8.97. The standard InChI is InChI=1S/C28H35N5O3S/c1-15(37-5)10-11-35-26-21-14-30-23(12-19(21)20(13-31-26)24(29)17-6-7-17)32-22-9-8-18-25(33-22)16(2)28(3,4)36-27(18)34/h8-9,12-17,24H,6-7,10-11,29H2,1-5H3,(H,30,32,33). The number of nitrogens with two attached hydrogens (primary N) is 1. The molecule has 3 aromatic heterocycles. The molecule has 0 aromatic carbocycles. The summed E-state index contributed by atoms with van der Waals surface area (Å²) < 4.78 is 11.7. The van der Waals surface area contributed by atoms with Gasteiger partial charge < -0.3 is 20.5 Å². The summed E-state index contributed by atoms with van der Waals surface area (Å²) in [4.78, 5) is 26.5. The van der Waals surface area contributed by atoms with Gasteiger partial charge in [-0.25, -0.2) is 19.7 Å². The molecule has 37 heavy (non-hydrogen) atoms. The Morgan fingerprint density at radius 1 is 1.22 bits per heavy atom. The zero-order valence-electron chi connectivity index (χ0n) is 22.1. The van der Waals surface area contributed by atoms with E-state index in [2.05, 4.69) is 28.5 Å². The highest BCUT2D eigenvalue weighted by Crippen LogP contribution is 2.43. The molecule has 1 saturated carbocycles. The first-order chi connectivity index (χ1) is 17.7. The van der Waals surface area contributed by atoms with Crippen LogP contribution >= 0.6 is 11.8 Å². The molecule has 1 aliphatic heterocycles. The van der Waals surface area contributed by atoms with E-state index in [1.807, 2.05) is 44.8 Å². The summed E-state index contributed by atoms with van der Waals surface area (Å²) in [5.74, 6) is 1.93. The van der Waals surface area contributed by atoms with Crippen molar-refractivity contribution in [1.82, 2.24) is 15.0 Å². The quantitative estimate of drug-likeness (QED) is 0.340. The van der Waals surface area contributed by atoms with E-state index in [1.165, 1.54) is 0 Å². The van der Waals surface area contributed by atoms with Gasteiger partial charge in [-0.1, -0.05) is 13.8 Å². The first-order valence-corrected chi connectivity index (χ1v) is 14.2. The lowest BCUT2D eigenvalue weighted by atomic mass is 9.84. The second kappa shape index (κ2) is 10.1. The highest BCUT2D eigenvalue weighted by atomic mass is 32.2. The molecule has 3 N–H and O–H groups in total. The first-order valence-electron chi connectivity index (χ1n) is 12.9. The Kier molecular flexibility index (Phi) is 7.02. The molecular formula is C28H35N5O3S. The van der Waals surface area contributed by atoms with Gasteiger partial charge in [0.2, 0.25) is 5.88 Å². The topological polar surface area (TPSA) is 112 Å². The van der Waals surface area contributed by atoms with Gasteiger partial charge >= 0.3 is 5.97 Å². The van der Waals surface area contributed by atoms with Crippen LogP contribution in [0.3, 0.4) is 0 Å². The maximum absolute atomic E-state index is 12.5. The Labute approximate surface area is 222 Å². The van der Waals surface area contributed by atoms with E-state index in [1.54, 1.807) is 18.3 Å². The summed E-state index contributed by atoms with van der Waals surface area (Å²) in [7, 11) is 0. The number of nitrogens with one attached hydrogen (secondary N) is 1. The molecule has 8 nitrogen and oxygen atoms in total. The van der Waals surface area contributed by atoms with Crippen LogP contribution in [0, 0.1) is 5.92 Å². The second-order valence-electron chi connectivity index (χ2n) is 10.6. The van der Waals surface area contributed by atoms with E-state index >= 15 is 0 Å². The average molecular weight is 522 g/mol. The Balaban J connectivity index is 1.47. The lowest BCUT2D eigenvalue weighted by Crippen LogP contribution is -2.39. The van der Waals surface area contributed by atoms with E-state index in [4.69, 9.17) is 20.2 Å². The van der Waals surface area contributed by atoms with Crippen molar-refractivity contribution in [1.29, 1.82) is 0 Å². The van der Waals surface area contributed by atoms with Crippen LogP contribution in [0.25, 0.3) is 10.8 Å². The molecule has 0 saturated heterocycles. The maximum Gasteiger partial charge on any atom is 0.340 e. The molecule has 5 rings (SSSR count). The summed E-state index contributed by atoms with van der Waals surface area (Å²) in [5.41, 5.74) is 8.24. The molecule has 0 bridgehead atoms. The monoisotopic (exact) mass is 521 g/mol. The number of fused-ring (bicyclic) bond motifs is 2. The van der Waals surface area contributed by atoms with Crippen molar-refractivity contribution in [2.75, 3.05) is 18.2 Å². The van der Waals surface area contributed by atoms with Crippen molar-refractivity contribution in [3.8, 4) is 5.88 Å². The second-order valence-corrected chi connectivity index (χ2v) is 11.9. The van der Waals surface area contributed by atoms with E-state index in [-0.39, 0.29) is 17.9 Å². The predicted molar refractivity (Wildman–Crippen MR) is 148 cm³/mol. The van der Waals surface area contributed by atoms with Gasteiger partial charge in [-0.15, -0.1) is 0 Å². The number of ether oxygens (including phenoxy) is 2. The number of carbonyl (C=O) groups excluding carboxylic acids is 1. The zero-order valence-corrected chi connectivity index (χ0v) is 22.9. The van der Waals surface area contributed by atoms with Crippen LogP contribution < -0.4 is 15.8 Å². The van der Waals surface area contributed by atoms with Crippen molar-refractivity contribution >= 4 is 40.1 Å². The Morgan fingerprint density at radius 2 is 2.00 bits per heavy atom. The fourth-order valence-electron chi connectivity index (χ4n) is 4.62. The van der Waals surface area contributed by atoms with Crippen molar-refractivity contribution in [3.05, 3.63) is 47.4 Å². The Hall–Kier alpha value is -2.91. The molecule has 4 heterocycles. The number of nitrogens with zero attached hydrogens (tertiary/aromatic N) is 3. The van der Waals surface area contributed by atoms with Crippen LogP contribution in [-0.2, 0) is 4.74 Å². The summed E-state index contributed by atoms with van der Waals surface area (Å²) in [6, 6.07) is 5.46. The number of carbonyl (C=O) groups is 1. The zero-order chi connectivity index (χ0) is 26.3. The van der Waals surface area contributed by atoms with Gasteiger partial charge in [0.15, 0.2) is 0 Å². The molecule has 3 atom stereocenters. The average Bonchev–Trinajstić information content (AvgIpc) is 3.72. The molecule has 1 fully saturated rings. The number of thioether (sulfide) groups is 1. The fourth-order valence-corrected chi connectivity index (χ4v) is 4.95. The van der Waals surface area contributed by atoms with Gasteiger partial charge in [0, 0.05) is 29.6 Å². The number of aromatic nitrogens is 3. The van der Waals surface area contributed by atoms with Crippen LogP contribution in [0.15, 0.2) is 30.6 Å². The molecular weight excluding hydrogens is 486 g/mol. The van der Waals surface area contributed by atoms with Gasteiger partial charge in [0.1, 0.15) is 17.2 Å². The van der Waals surface area contributed by atoms with E-state index in [9.17, 15) is 4.79 Å². The number of pyridine rings is 3. The Bertz CT molecular complexity index is 1330. The van der Waals surface area contributed by atoms with Crippen LogP contribution in [0.4, 0.5) is 11.6 Å².